The molecule has 1 unspecified atom stereocenters. The standard InChI is InChI=1S/C26H31N5O/c1-3-25(30-17-15-29(2)16-18-30)31(26-23(27)12-8-14-28-26)24-13-7-6-11-22(24)21-10-5-4-9-20(21)19-32/h4-14,19,25H,3,15-18,27H2,1-2H3. The molecule has 0 amide bonds. The van der Waals surface area contributed by atoms with E-state index in [4.69, 9.17) is 10.7 Å². The molecule has 0 bridgehead atoms. The van der Waals surface area contributed by atoms with Crippen LogP contribution in [0.4, 0.5) is 17.2 Å². The predicted octanol–water partition coefficient (Wildman–Crippen LogP) is 4.26. The van der Waals surface area contributed by atoms with Crippen LogP contribution in [0.5, 0.6) is 0 Å². The number of piperazine rings is 1. The van der Waals surface area contributed by atoms with Gasteiger partial charge in [0.25, 0.3) is 0 Å². The molecule has 166 valence electrons. The molecular weight excluding hydrogens is 398 g/mol. The molecule has 1 aliphatic rings. The number of hydrogen-bond donors (Lipinski definition) is 1. The minimum atomic E-state index is 0.0884. The van der Waals surface area contributed by atoms with Gasteiger partial charge >= 0.3 is 0 Å². The van der Waals surface area contributed by atoms with Crippen molar-refractivity contribution >= 4 is 23.5 Å². The number of pyridine rings is 1. The number of nitrogens with two attached hydrogens (primary N) is 1. The van der Waals surface area contributed by atoms with E-state index in [0.717, 1.165) is 61.5 Å². The summed E-state index contributed by atoms with van der Waals surface area (Å²) < 4.78 is 0. The minimum absolute atomic E-state index is 0.0884. The third-order valence-electron chi connectivity index (χ3n) is 6.21. The monoisotopic (exact) mass is 429 g/mol. The number of hydrogen-bond acceptors (Lipinski definition) is 6. The molecule has 1 fully saturated rings. The van der Waals surface area contributed by atoms with E-state index in [1.54, 1.807) is 6.20 Å². The number of nitrogen functional groups attached to an aromatic ring is 1. The third kappa shape index (κ3) is 4.38. The second-order valence-corrected chi connectivity index (χ2v) is 8.24. The number of benzene rings is 2. The molecule has 6 heteroatoms. The number of anilines is 3. The van der Waals surface area contributed by atoms with Crippen molar-refractivity contribution in [2.45, 2.75) is 19.5 Å². The summed E-state index contributed by atoms with van der Waals surface area (Å²) in [5, 5.41) is 0. The normalized spacial score (nSPS) is 15.9. The number of carbonyl (C=O) groups excluding carboxylic acids is 1. The molecule has 2 heterocycles. The molecule has 2 N–H and O–H groups in total. The fourth-order valence-electron chi connectivity index (χ4n) is 4.51. The van der Waals surface area contributed by atoms with Gasteiger partial charge in [-0.25, -0.2) is 4.98 Å². The van der Waals surface area contributed by atoms with Crippen molar-refractivity contribution in [2.75, 3.05) is 43.9 Å². The lowest BCUT2D eigenvalue weighted by atomic mass is 9.97. The van der Waals surface area contributed by atoms with E-state index in [1.807, 2.05) is 48.5 Å². The summed E-state index contributed by atoms with van der Waals surface area (Å²) in [6.07, 6.45) is 3.70. The average molecular weight is 430 g/mol. The van der Waals surface area contributed by atoms with Gasteiger partial charge in [0.15, 0.2) is 12.1 Å². The van der Waals surface area contributed by atoms with Crippen LogP contribution in [0.15, 0.2) is 66.9 Å². The number of likely N-dealkylation sites (N-methyl/N-ethyl adjacent to an activating group) is 1. The van der Waals surface area contributed by atoms with E-state index in [9.17, 15) is 4.79 Å². The van der Waals surface area contributed by atoms with Crippen LogP contribution in [0.2, 0.25) is 0 Å². The highest BCUT2D eigenvalue weighted by Gasteiger charge is 2.31. The van der Waals surface area contributed by atoms with Gasteiger partial charge in [-0.15, -0.1) is 0 Å². The number of aromatic nitrogens is 1. The van der Waals surface area contributed by atoms with Crippen molar-refractivity contribution < 1.29 is 4.79 Å². The van der Waals surface area contributed by atoms with Crippen LogP contribution in [-0.4, -0.2) is 60.5 Å². The first-order valence-corrected chi connectivity index (χ1v) is 11.2. The minimum Gasteiger partial charge on any atom is -0.396 e. The van der Waals surface area contributed by atoms with Gasteiger partial charge in [0, 0.05) is 43.5 Å². The van der Waals surface area contributed by atoms with E-state index < -0.39 is 0 Å². The van der Waals surface area contributed by atoms with E-state index in [0.29, 0.717) is 11.3 Å². The largest absolute Gasteiger partial charge is 0.396 e. The number of para-hydroxylation sites is 1. The van der Waals surface area contributed by atoms with Crippen LogP contribution < -0.4 is 10.6 Å². The SMILES string of the molecule is CCC(N1CCN(C)CC1)N(c1ccccc1-c1ccccc1C=O)c1ncccc1N. The lowest BCUT2D eigenvalue weighted by Crippen LogP contribution is -2.54. The molecule has 1 aromatic heterocycles. The lowest BCUT2D eigenvalue weighted by molar-refractivity contribution is 0.111. The fraction of sp³-hybridized carbons (Fsp3) is 0.308. The summed E-state index contributed by atoms with van der Waals surface area (Å²) in [6, 6.07) is 19.7. The van der Waals surface area contributed by atoms with Gasteiger partial charge in [-0.3, -0.25) is 9.69 Å². The lowest BCUT2D eigenvalue weighted by Gasteiger charge is -2.44. The van der Waals surface area contributed by atoms with Gasteiger partial charge in [0.1, 0.15) is 0 Å². The molecular formula is C26H31N5O. The Morgan fingerprint density at radius 3 is 2.38 bits per heavy atom. The molecule has 1 saturated heterocycles. The zero-order chi connectivity index (χ0) is 22.5. The van der Waals surface area contributed by atoms with Crippen molar-refractivity contribution in [2.24, 2.45) is 0 Å². The van der Waals surface area contributed by atoms with Gasteiger partial charge in [0.2, 0.25) is 0 Å². The van der Waals surface area contributed by atoms with Gasteiger partial charge in [0.05, 0.1) is 17.5 Å². The van der Waals surface area contributed by atoms with Gasteiger partial charge in [-0.2, -0.15) is 0 Å². The summed E-state index contributed by atoms with van der Waals surface area (Å²) in [4.78, 5) is 23.7. The number of carbonyl (C=O) groups is 1. The van der Waals surface area contributed by atoms with Crippen molar-refractivity contribution in [1.29, 1.82) is 0 Å². The summed E-state index contributed by atoms with van der Waals surface area (Å²) in [5.41, 5.74) is 10.7. The zero-order valence-corrected chi connectivity index (χ0v) is 18.8. The average Bonchev–Trinajstić information content (AvgIpc) is 2.84. The molecule has 0 aliphatic carbocycles. The Hall–Kier alpha value is -3.22. The smallest absolute Gasteiger partial charge is 0.157 e. The maximum absolute atomic E-state index is 11.8. The summed E-state index contributed by atoms with van der Waals surface area (Å²) in [6.45, 7) is 6.21. The Labute approximate surface area is 190 Å². The van der Waals surface area contributed by atoms with Gasteiger partial charge < -0.3 is 15.5 Å². The molecule has 6 nitrogen and oxygen atoms in total. The van der Waals surface area contributed by atoms with E-state index in [2.05, 4.69) is 40.8 Å². The van der Waals surface area contributed by atoms with E-state index >= 15 is 0 Å². The Kier molecular flexibility index (Phi) is 6.83. The predicted molar refractivity (Wildman–Crippen MR) is 131 cm³/mol. The molecule has 0 saturated carbocycles. The second-order valence-electron chi connectivity index (χ2n) is 8.24. The first-order valence-electron chi connectivity index (χ1n) is 11.2. The first kappa shape index (κ1) is 22.0. The molecule has 3 aromatic rings. The Morgan fingerprint density at radius 2 is 1.69 bits per heavy atom. The Morgan fingerprint density at radius 1 is 1.00 bits per heavy atom. The summed E-state index contributed by atoms with van der Waals surface area (Å²) in [7, 11) is 2.17. The Balaban J connectivity index is 1.89. The van der Waals surface area contributed by atoms with Crippen LogP contribution in [-0.2, 0) is 0 Å². The molecule has 0 spiro atoms. The highest BCUT2D eigenvalue weighted by molar-refractivity contribution is 5.93. The molecule has 4 rings (SSSR count). The first-order chi connectivity index (χ1) is 15.6. The summed E-state index contributed by atoms with van der Waals surface area (Å²) in [5.74, 6) is 0.745. The quantitative estimate of drug-likeness (QED) is 0.566. The van der Waals surface area contributed by atoms with Gasteiger partial charge in [-0.1, -0.05) is 49.4 Å². The van der Waals surface area contributed by atoms with Crippen molar-refractivity contribution in [3.63, 3.8) is 0 Å². The van der Waals surface area contributed by atoms with Crippen LogP contribution in [0.25, 0.3) is 11.1 Å². The maximum Gasteiger partial charge on any atom is 0.157 e. The van der Waals surface area contributed by atoms with Crippen LogP contribution >= 0.6 is 0 Å². The number of rotatable bonds is 7. The topological polar surface area (TPSA) is 65.7 Å². The molecule has 1 atom stereocenters. The summed E-state index contributed by atoms with van der Waals surface area (Å²) >= 11 is 0. The van der Waals surface area contributed by atoms with Crippen molar-refractivity contribution in [3.8, 4) is 11.1 Å². The van der Waals surface area contributed by atoms with E-state index in [1.165, 1.54) is 0 Å². The fourth-order valence-corrected chi connectivity index (χ4v) is 4.51. The maximum atomic E-state index is 11.8. The number of nitrogens with zero attached hydrogens (tertiary/aromatic N) is 4. The highest BCUT2D eigenvalue weighted by Crippen LogP contribution is 2.40. The van der Waals surface area contributed by atoms with Crippen molar-refractivity contribution in [3.05, 3.63) is 72.4 Å². The van der Waals surface area contributed by atoms with Crippen LogP contribution in [0.1, 0.15) is 23.7 Å². The highest BCUT2D eigenvalue weighted by atomic mass is 16.1. The van der Waals surface area contributed by atoms with Crippen LogP contribution in [0, 0.1) is 0 Å². The van der Waals surface area contributed by atoms with Crippen molar-refractivity contribution in [1.82, 2.24) is 14.8 Å². The second kappa shape index (κ2) is 9.94. The molecule has 0 radical (unpaired) electrons. The van der Waals surface area contributed by atoms with Crippen LogP contribution in [0.3, 0.4) is 0 Å². The van der Waals surface area contributed by atoms with E-state index in [-0.39, 0.29) is 6.17 Å². The Bertz CT molecular complexity index is 1060. The molecule has 1 aliphatic heterocycles. The number of aldehydes is 1. The molecule has 32 heavy (non-hydrogen) atoms. The molecule has 2 aromatic carbocycles. The third-order valence-corrected chi connectivity index (χ3v) is 6.21. The van der Waals surface area contributed by atoms with Gasteiger partial charge in [-0.05, 0) is 37.2 Å². The zero-order valence-electron chi connectivity index (χ0n) is 18.8.